The average molecular weight is 283 g/mol. The van der Waals surface area contributed by atoms with E-state index in [1.54, 1.807) is 0 Å². The number of carbonyl (C=O) groups excluding carboxylic acids is 2. The lowest BCUT2D eigenvalue weighted by molar-refractivity contribution is -0.122. The first-order valence-corrected chi connectivity index (χ1v) is 5.55. The largest absolute Gasteiger partial charge is 0.478 e. The molecular weight excluding hydrogens is 269 g/mol. The van der Waals surface area contributed by atoms with Gasteiger partial charge < -0.3 is 21.5 Å². The van der Waals surface area contributed by atoms with Gasteiger partial charge in [-0.15, -0.1) is 0 Å². The zero-order valence-electron chi connectivity index (χ0n) is 10.9. The normalized spacial score (nSPS) is 10.8. The highest BCUT2D eigenvalue weighted by atomic mass is 19.1. The van der Waals surface area contributed by atoms with Gasteiger partial charge in [-0.05, 0) is 32.0 Å². The molecule has 0 spiro atoms. The van der Waals surface area contributed by atoms with Crippen LogP contribution in [-0.2, 0) is 4.79 Å². The van der Waals surface area contributed by atoms with Crippen molar-refractivity contribution in [1.29, 1.82) is 0 Å². The molecule has 1 aromatic rings. The molecule has 20 heavy (non-hydrogen) atoms. The molecule has 8 heteroatoms. The van der Waals surface area contributed by atoms with Crippen LogP contribution in [0.1, 0.15) is 24.2 Å². The standard InChI is InChI=1S/C12H14FN3O4/c1-12(2,10(14)19)16-11(20)15-8-5-6(9(17)18)3-4-7(8)13/h3-5H,1-2H3,(H2,14,19)(H,17,18)(H2,15,16,20). The highest BCUT2D eigenvalue weighted by molar-refractivity contribution is 5.96. The Morgan fingerprint density at radius 3 is 2.40 bits per heavy atom. The fraction of sp³-hybridized carbons (Fsp3) is 0.250. The van der Waals surface area contributed by atoms with Gasteiger partial charge in [0.25, 0.3) is 0 Å². The highest BCUT2D eigenvalue weighted by Crippen LogP contribution is 2.16. The van der Waals surface area contributed by atoms with Crippen LogP contribution in [0.2, 0.25) is 0 Å². The van der Waals surface area contributed by atoms with Gasteiger partial charge in [-0.25, -0.2) is 14.0 Å². The van der Waals surface area contributed by atoms with Crippen LogP contribution in [0.25, 0.3) is 0 Å². The SMILES string of the molecule is CC(C)(NC(=O)Nc1cc(C(=O)O)ccc1F)C(N)=O. The van der Waals surface area contributed by atoms with Crippen molar-refractivity contribution in [3.63, 3.8) is 0 Å². The third kappa shape index (κ3) is 3.67. The van der Waals surface area contributed by atoms with Crippen molar-refractivity contribution in [1.82, 2.24) is 5.32 Å². The molecular formula is C12H14FN3O4. The molecule has 1 aromatic carbocycles. The molecule has 0 bridgehead atoms. The molecule has 0 aliphatic rings. The van der Waals surface area contributed by atoms with Crippen molar-refractivity contribution < 1.29 is 23.9 Å². The van der Waals surface area contributed by atoms with Gasteiger partial charge in [-0.3, -0.25) is 4.79 Å². The van der Waals surface area contributed by atoms with E-state index >= 15 is 0 Å². The number of carbonyl (C=O) groups is 3. The van der Waals surface area contributed by atoms with E-state index in [1.165, 1.54) is 13.8 Å². The minimum atomic E-state index is -1.33. The van der Waals surface area contributed by atoms with Crippen LogP contribution in [0.5, 0.6) is 0 Å². The number of anilines is 1. The summed E-state index contributed by atoms with van der Waals surface area (Å²) in [5, 5.41) is 13.1. The predicted octanol–water partition coefficient (Wildman–Crippen LogP) is 0.909. The number of carboxylic acids is 1. The fourth-order valence-corrected chi connectivity index (χ4v) is 1.25. The number of rotatable bonds is 4. The number of nitrogens with one attached hydrogen (secondary N) is 2. The van der Waals surface area contributed by atoms with Crippen LogP contribution in [0.4, 0.5) is 14.9 Å². The highest BCUT2D eigenvalue weighted by Gasteiger charge is 2.27. The average Bonchev–Trinajstić information content (AvgIpc) is 2.30. The van der Waals surface area contributed by atoms with Crippen molar-refractivity contribution >= 4 is 23.6 Å². The third-order valence-corrected chi connectivity index (χ3v) is 2.50. The zero-order chi connectivity index (χ0) is 15.5. The van der Waals surface area contributed by atoms with Crippen LogP contribution in [0.15, 0.2) is 18.2 Å². The number of primary amides is 1. The molecule has 0 aromatic heterocycles. The van der Waals surface area contributed by atoms with Crippen molar-refractivity contribution in [2.24, 2.45) is 5.73 Å². The number of halogens is 1. The van der Waals surface area contributed by atoms with Gasteiger partial charge in [-0.1, -0.05) is 0 Å². The van der Waals surface area contributed by atoms with Gasteiger partial charge in [0.15, 0.2) is 0 Å². The third-order valence-electron chi connectivity index (χ3n) is 2.50. The second-order valence-electron chi connectivity index (χ2n) is 4.57. The molecule has 108 valence electrons. The minimum absolute atomic E-state index is 0.184. The van der Waals surface area contributed by atoms with E-state index in [1.807, 2.05) is 0 Å². The Bertz CT molecular complexity index is 572. The van der Waals surface area contributed by atoms with Gasteiger partial charge in [-0.2, -0.15) is 0 Å². The number of urea groups is 1. The van der Waals surface area contributed by atoms with E-state index in [4.69, 9.17) is 10.8 Å². The lowest BCUT2D eigenvalue weighted by atomic mass is 10.1. The summed E-state index contributed by atoms with van der Waals surface area (Å²) in [6.07, 6.45) is 0. The van der Waals surface area contributed by atoms with Gasteiger partial charge >= 0.3 is 12.0 Å². The van der Waals surface area contributed by atoms with Crippen LogP contribution in [-0.4, -0.2) is 28.6 Å². The van der Waals surface area contributed by atoms with Crippen molar-refractivity contribution in [3.05, 3.63) is 29.6 Å². The molecule has 0 radical (unpaired) electrons. The second kappa shape index (κ2) is 5.55. The van der Waals surface area contributed by atoms with Crippen molar-refractivity contribution in [2.75, 3.05) is 5.32 Å². The molecule has 5 N–H and O–H groups in total. The Morgan fingerprint density at radius 1 is 1.30 bits per heavy atom. The first kappa shape index (κ1) is 15.4. The molecule has 0 heterocycles. The first-order valence-electron chi connectivity index (χ1n) is 5.55. The maximum absolute atomic E-state index is 13.5. The Morgan fingerprint density at radius 2 is 1.90 bits per heavy atom. The number of hydrogen-bond donors (Lipinski definition) is 4. The van der Waals surface area contributed by atoms with E-state index in [0.717, 1.165) is 18.2 Å². The van der Waals surface area contributed by atoms with Gasteiger partial charge in [0.1, 0.15) is 11.4 Å². The Hall–Kier alpha value is -2.64. The van der Waals surface area contributed by atoms with Crippen LogP contribution in [0.3, 0.4) is 0 Å². The summed E-state index contributed by atoms with van der Waals surface area (Å²) < 4.78 is 13.5. The van der Waals surface area contributed by atoms with Gasteiger partial charge in [0, 0.05) is 0 Å². The molecule has 7 nitrogen and oxygen atoms in total. The quantitative estimate of drug-likeness (QED) is 0.656. The molecule has 1 rings (SSSR count). The summed E-state index contributed by atoms with van der Waals surface area (Å²) >= 11 is 0. The van der Waals surface area contributed by atoms with E-state index in [0.29, 0.717) is 0 Å². The number of hydrogen-bond acceptors (Lipinski definition) is 3. The Kier molecular flexibility index (Phi) is 4.28. The summed E-state index contributed by atoms with van der Waals surface area (Å²) in [4.78, 5) is 33.4. The molecule has 0 unspecified atom stereocenters. The van der Waals surface area contributed by atoms with Crippen LogP contribution >= 0.6 is 0 Å². The topological polar surface area (TPSA) is 122 Å². The van der Waals surface area contributed by atoms with Crippen LogP contribution in [0, 0.1) is 5.82 Å². The lowest BCUT2D eigenvalue weighted by Gasteiger charge is -2.22. The van der Waals surface area contributed by atoms with Crippen molar-refractivity contribution in [2.45, 2.75) is 19.4 Å². The smallest absolute Gasteiger partial charge is 0.335 e. The molecule has 3 amide bonds. The number of aromatic carboxylic acids is 1. The van der Waals surface area contributed by atoms with Crippen LogP contribution < -0.4 is 16.4 Å². The lowest BCUT2D eigenvalue weighted by Crippen LogP contribution is -2.54. The predicted molar refractivity (Wildman–Crippen MR) is 68.8 cm³/mol. The fourth-order valence-electron chi connectivity index (χ4n) is 1.25. The molecule has 0 aliphatic heterocycles. The molecule has 0 atom stereocenters. The summed E-state index contributed by atoms with van der Waals surface area (Å²) in [5.74, 6) is -2.83. The maximum Gasteiger partial charge on any atom is 0.335 e. The van der Waals surface area contributed by atoms with Gasteiger partial charge in [0.05, 0.1) is 11.3 Å². The van der Waals surface area contributed by atoms with E-state index < -0.39 is 29.3 Å². The van der Waals surface area contributed by atoms with E-state index in [-0.39, 0.29) is 11.3 Å². The Balaban J connectivity index is 2.88. The molecule has 0 saturated heterocycles. The maximum atomic E-state index is 13.5. The first-order chi connectivity index (χ1) is 9.13. The summed E-state index contributed by atoms with van der Waals surface area (Å²) in [5.41, 5.74) is 3.24. The Labute approximate surface area is 114 Å². The van der Waals surface area contributed by atoms with Gasteiger partial charge in [0.2, 0.25) is 5.91 Å². The number of amides is 3. The second-order valence-corrected chi connectivity index (χ2v) is 4.57. The summed E-state index contributed by atoms with van der Waals surface area (Å²) in [6.45, 7) is 2.75. The molecule has 0 fully saturated rings. The summed E-state index contributed by atoms with van der Waals surface area (Å²) in [7, 11) is 0. The molecule has 0 aliphatic carbocycles. The van der Waals surface area contributed by atoms with Crippen molar-refractivity contribution in [3.8, 4) is 0 Å². The number of carboxylic acid groups (broad SMARTS) is 1. The number of nitrogens with two attached hydrogens (primary N) is 1. The van der Waals surface area contributed by atoms with E-state index in [2.05, 4.69) is 10.6 Å². The minimum Gasteiger partial charge on any atom is -0.478 e. The number of benzene rings is 1. The molecule has 0 saturated carbocycles. The monoisotopic (exact) mass is 283 g/mol. The van der Waals surface area contributed by atoms with E-state index in [9.17, 15) is 18.8 Å². The zero-order valence-corrected chi connectivity index (χ0v) is 10.9. The summed E-state index contributed by atoms with van der Waals surface area (Å²) in [6, 6.07) is 2.07.